The van der Waals surface area contributed by atoms with Crippen LogP contribution in [-0.4, -0.2) is 24.5 Å². The summed E-state index contributed by atoms with van der Waals surface area (Å²) >= 11 is 0. The third kappa shape index (κ3) is 2.84. The van der Waals surface area contributed by atoms with Crippen molar-refractivity contribution in [3.63, 3.8) is 0 Å². The van der Waals surface area contributed by atoms with Gasteiger partial charge in [-0.3, -0.25) is 10.1 Å². The van der Waals surface area contributed by atoms with Gasteiger partial charge < -0.3 is 4.74 Å². The Balaban J connectivity index is 2.17. The van der Waals surface area contributed by atoms with E-state index in [1.165, 1.54) is 42.6 Å². The van der Waals surface area contributed by atoms with Gasteiger partial charge in [-0.25, -0.2) is 4.39 Å². The molecule has 4 nitrogen and oxygen atoms in total. The maximum Gasteiger partial charge on any atom is 0.346 e. The number of benzene rings is 1. The number of alkyl halides is 2. The Morgan fingerprint density at radius 3 is 2.79 bits per heavy atom. The summed E-state index contributed by atoms with van der Waals surface area (Å²) < 4.78 is 42.8. The van der Waals surface area contributed by atoms with Crippen LogP contribution in [0.1, 0.15) is 5.56 Å². The molecule has 0 amide bonds. The normalized spacial score (nSPS) is 22.8. The Bertz CT molecular complexity index is 821. The molecule has 1 aromatic rings. The van der Waals surface area contributed by atoms with E-state index in [0.29, 0.717) is 11.1 Å². The third-order valence-electron chi connectivity index (χ3n) is 3.66. The van der Waals surface area contributed by atoms with Crippen LogP contribution in [0.2, 0.25) is 0 Å². The second-order valence-electron chi connectivity index (χ2n) is 5.10. The lowest BCUT2D eigenvalue weighted by molar-refractivity contribution is -0.162. The number of hydrogen-bond donors (Lipinski definition) is 0. The zero-order valence-electron chi connectivity index (χ0n) is 12.1. The van der Waals surface area contributed by atoms with Gasteiger partial charge in [-0.2, -0.15) is 14.0 Å². The Hall–Kier alpha value is -2.85. The fourth-order valence-corrected chi connectivity index (χ4v) is 2.68. The molecule has 7 heteroatoms. The summed E-state index contributed by atoms with van der Waals surface area (Å²) in [4.78, 5) is 12.6. The van der Waals surface area contributed by atoms with Crippen LogP contribution >= 0.6 is 0 Å². The highest BCUT2D eigenvalue weighted by molar-refractivity contribution is 6.13. The number of fused-ring (bicyclic) bond motifs is 1. The minimum absolute atomic E-state index is 0.0512. The van der Waals surface area contributed by atoms with E-state index in [4.69, 9.17) is 0 Å². The van der Waals surface area contributed by atoms with Crippen LogP contribution in [0, 0.1) is 17.1 Å². The van der Waals surface area contributed by atoms with Gasteiger partial charge in [0.2, 0.25) is 0 Å². The summed E-state index contributed by atoms with van der Waals surface area (Å²) in [6.07, 6.45) is 2.51. The predicted molar refractivity (Wildman–Crippen MR) is 78.0 cm³/mol. The zero-order valence-corrected chi connectivity index (χ0v) is 12.1. The van der Waals surface area contributed by atoms with Gasteiger partial charge in [-0.15, -0.1) is 0 Å². The molecule has 121 valence electrons. The maximum atomic E-state index is 13.5. The fourth-order valence-electron chi connectivity index (χ4n) is 2.68. The monoisotopic (exact) mass is 331 g/mol. The van der Waals surface area contributed by atoms with Crippen LogP contribution in [0.3, 0.4) is 0 Å². The summed E-state index contributed by atoms with van der Waals surface area (Å²) in [5.74, 6) is -1.26. The van der Waals surface area contributed by atoms with Gasteiger partial charge in [0.05, 0.1) is 6.07 Å². The van der Waals surface area contributed by atoms with Gasteiger partial charge >= 0.3 is 6.61 Å². The minimum Gasteiger partial charge on any atom is -0.307 e. The first-order valence-corrected chi connectivity index (χ1v) is 6.97. The van der Waals surface area contributed by atoms with Crippen LogP contribution in [0.4, 0.5) is 13.2 Å². The molecule has 0 fully saturated rings. The van der Waals surface area contributed by atoms with Gasteiger partial charge in [-0.05, 0) is 23.8 Å². The maximum absolute atomic E-state index is 13.5. The van der Waals surface area contributed by atoms with E-state index >= 15 is 0 Å². The van der Waals surface area contributed by atoms with Crippen molar-refractivity contribution in [2.75, 3.05) is 0 Å². The molecule has 0 bridgehead atoms. The standard InChI is InChI=1S/C17H10F3N2O2/c18-11-3-1-2-9(6-11)14-12(7-21)22-8-10-4-5-13(24-17(19)20)16(23)15(10)14/h1-6,8,12-13,17H. The summed E-state index contributed by atoms with van der Waals surface area (Å²) in [5, 5.41) is 13.3. The Kier molecular flexibility index (Phi) is 4.23. The molecular formula is C17H10F3N2O2. The number of halogens is 3. The van der Waals surface area contributed by atoms with Crippen molar-refractivity contribution in [3.05, 3.63) is 65.1 Å². The van der Waals surface area contributed by atoms with Gasteiger partial charge in [0, 0.05) is 22.9 Å². The molecule has 0 saturated carbocycles. The lowest BCUT2D eigenvalue weighted by Crippen LogP contribution is -2.34. The van der Waals surface area contributed by atoms with Crippen molar-refractivity contribution in [1.29, 1.82) is 5.26 Å². The van der Waals surface area contributed by atoms with Crippen molar-refractivity contribution in [2.24, 2.45) is 0 Å². The quantitative estimate of drug-likeness (QED) is 0.855. The van der Waals surface area contributed by atoms with E-state index in [2.05, 4.69) is 10.1 Å². The SMILES string of the molecule is N#CC1[N]C=C2C=CC(OC(F)F)C(=O)C2=C1c1cccc(F)c1. The molecule has 0 N–H and O–H groups in total. The first-order valence-electron chi connectivity index (χ1n) is 6.97. The van der Waals surface area contributed by atoms with Crippen LogP contribution in [0.25, 0.3) is 5.57 Å². The molecule has 24 heavy (non-hydrogen) atoms. The number of allylic oxidation sites excluding steroid dienone is 2. The predicted octanol–water partition coefficient (Wildman–Crippen LogP) is 2.72. The van der Waals surface area contributed by atoms with Crippen LogP contribution in [0.15, 0.2) is 53.8 Å². The van der Waals surface area contributed by atoms with E-state index in [-0.39, 0.29) is 11.1 Å². The average molecular weight is 331 g/mol. The van der Waals surface area contributed by atoms with Crippen LogP contribution in [0.5, 0.6) is 0 Å². The summed E-state index contributed by atoms with van der Waals surface area (Å²) in [5.41, 5.74) is 0.909. The molecule has 0 aromatic heterocycles. The molecule has 0 saturated heterocycles. The number of nitrogens with zero attached hydrogens (tertiary/aromatic N) is 2. The van der Waals surface area contributed by atoms with Crippen molar-refractivity contribution in [1.82, 2.24) is 5.32 Å². The number of carbonyl (C=O) groups excluding carboxylic acids is 1. The van der Waals surface area contributed by atoms with Crippen molar-refractivity contribution in [3.8, 4) is 6.07 Å². The number of rotatable bonds is 3. The van der Waals surface area contributed by atoms with Gasteiger partial charge in [-0.1, -0.05) is 18.2 Å². The summed E-state index contributed by atoms with van der Waals surface area (Å²) in [6.45, 7) is -3.12. The fraction of sp³-hybridized carbons (Fsp3) is 0.176. The number of hydrogen-bond acceptors (Lipinski definition) is 3. The molecule has 1 radical (unpaired) electrons. The summed E-state index contributed by atoms with van der Waals surface area (Å²) in [6, 6.07) is 6.24. The molecule has 1 aliphatic carbocycles. The molecular weight excluding hydrogens is 321 g/mol. The number of ether oxygens (including phenoxy) is 1. The van der Waals surface area contributed by atoms with E-state index in [9.17, 15) is 23.2 Å². The lowest BCUT2D eigenvalue weighted by atomic mass is 9.81. The number of carbonyl (C=O) groups is 1. The highest BCUT2D eigenvalue weighted by Crippen LogP contribution is 2.35. The second kappa shape index (κ2) is 6.34. The molecule has 1 aliphatic heterocycles. The largest absolute Gasteiger partial charge is 0.346 e. The van der Waals surface area contributed by atoms with Gasteiger partial charge in [0.15, 0.2) is 11.8 Å². The smallest absolute Gasteiger partial charge is 0.307 e. The van der Waals surface area contributed by atoms with E-state index in [1.54, 1.807) is 0 Å². The third-order valence-corrected chi connectivity index (χ3v) is 3.66. The zero-order chi connectivity index (χ0) is 17.3. The Labute approximate surface area is 135 Å². The Morgan fingerprint density at radius 1 is 1.33 bits per heavy atom. The van der Waals surface area contributed by atoms with Crippen molar-refractivity contribution < 1.29 is 22.7 Å². The highest BCUT2D eigenvalue weighted by atomic mass is 19.3. The molecule has 1 aromatic carbocycles. The average Bonchev–Trinajstić information content (AvgIpc) is 2.56. The second-order valence-corrected chi connectivity index (χ2v) is 5.10. The van der Waals surface area contributed by atoms with Crippen LogP contribution in [-0.2, 0) is 9.53 Å². The van der Waals surface area contributed by atoms with Crippen molar-refractivity contribution >= 4 is 11.4 Å². The molecule has 3 rings (SSSR count). The lowest BCUT2D eigenvalue weighted by Gasteiger charge is -2.28. The molecule has 1 heterocycles. The first-order chi connectivity index (χ1) is 11.5. The summed E-state index contributed by atoms with van der Waals surface area (Å²) in [7, 11) is 0. The first kappa shape index (κ1) is 16.0. The van der Waals surface area contributed by atoms with E-state index < -0.39 is 30.4 Å². The van der Waals surface area contributed by atoms with E-state index in [1.807, 2.05) is 6.07 Å². The number of ketones is 1. The minimum atomic E-state index is -3.12. The molecule has 2 atom stereocenters. The van der Waals surface area contributed by atoms with E-state index in [0.717, 1.165) is 0 Å². The van der Waals surface area contributed by atoms with Crippen molar-refractivity contribution in [2.45, 2.75) is 18.8 Å². The van der Waals surface area contributed by atoms with Gasteiger partial charge in [0.25, 0.3) is 0 Å². The molecule has 0 spiro atoms. The highest BCUT2D eigenvalue weighted by Gasteiger charge is 2.36. The topological polar surface area (TPSA) is 64.2 Å². The molecule has 2 unspecified atom stereocenters. The van der Waals surface area contributed by atoms with Gasteiger partial charge in [0.1, 0.15) is 11.9 Å². The van der Waals surface area contributed by atoms with Crippen LogP contribution < -0.4 is 5.32 Å². The molecule has 2 aliphatic rings. The number of nitriles is 1. The Morgan fingerprint density at radius 2 is 2.12 bits per heavy atom. The number of Topliss-reactive ketones (excluding diaryl/α,β-unsaturated/α-hetero) is 1.